The van der Waals surface area contributed by atoms with E-state index in [2.05, 4.69) is 38.2 Å². The van der Waals surface area contributed by atoms with E-state index in [1.54, 1.807) is 0 Å². The van der Waals surface area contributed by atoms with Crippen molar-refractivity contribution in [3.05, 3.63) is 0 Å². The molecule has 1 rings (SSSR count). The predicted octanol–water partition coefficient (Wildman–Crippen LogP) is 3.81. The lowest BCUT2D eigenvalue weighted by Gasteiger charge is -2.46. The third kappa shape index (κ3) is 3.96. The first-order valence-electron chi connectivity index (χ1n) is 8.08. The first-order chi connectivity index (χ1) is 8.67. The van der Waals surface area contributed by atoms with Gasteiger partial charge in [-0.3, -0.25) is 0 Å². The maximum Gasteiger partial charge on any atom is 0.0356 e. The fourth-order valence-electron chi connectivity index (χ4n) is 3.66. The summed E-state index contributed by atoms with van der Waals surface area (Å²) in [5, 5.41) is 3.80. The summed E-state index contributed by atoms with van der Waals surface area (Å²) < 4.78 is 0. The maximum atomic E-state index is 3.80. The van der Waals surface area contributed by atoms with Gasteiger partial charge in [0.2, 0.25) is 0 Å². The lowest BCUT2D eigenvalue weighted by molar-refractivity contribution is 0.0759. The van der Waals surface area contributed by atoms with Gasteiger partial charge in [0.25, 0.3) is 0 Å². The summed E-state index contributed by atoms with van der Waals surface area (Å²) in [6.07, 6.45) is 12.4. The smallest absolute Gasteiger partial charge is 0.0356 e. The molecule has 1 N–H and O–H groups in total. The molecule has 0 bridgehead atoms. The van der Waals surface area contributed by atoms with Gasteiger partial charge < -0.3 is 10.2 Å². The van der Waals surface area contributed by atoms with Gasteiger partial charge in [0.15, 0.2) is 0 Å². The quantitative estimate of drug-likeness (QED) is 0.695. The van der Waals surface area contributed by atoms with Gasteiger partial charge in [0, 0.05) is 11.6 Å². The summed E-state index contributed by atoms with van der Waals surface area (Å²) in [7, 11) is 4.59. The van der Waals surface area contributed by atoms with Gasteiger partial charge in [-0.15, -0.1) is 0 Å². The van der Waals surface area contributed by atoms with E-state index >= 15 is 0 Å². The highest BCUT2D eigenvalue weighted by Gasteiger charge is 2.39. The van der Waals surface area contributed by atoms with Crippen LogP contribution in [0.2, 0.25) is 0 Å². The molecule has 1 saturated carbocycles. The molecule has 0 aromatic carbocycles. The second kappa shape index (κ2) is 8.16. The Hall–Kier alpha value is -0.0800. The molecule has 108 valence electrons. The van der Waals surface area contributed by atoms with Gasteiger partial charge in [-0.25, -0.2) is 0 Å². The van der Waals surface area contributed by atoms with E-state index in [-0.39, 0.29) is 0 Å². The topological polar surface area (TPSA) is 15.3 Å². The van der Waals surface area contributed by atoms with Crippen molar-refractivity contribution in [1.29, 1.82) is 0 Å². The Morgan fingerprint density at radius 2 is 1.67 bits per heavy atom. The molecule has 0 amide bonds. The van der Waals surface area contributed by atoms with Crippen LogP contribution >= 0.6 is 0 Å². The second-order valence-electron chi connectivity index (χ2n) is 6.16. The molecule has 0 aliphatic heterocycles. The number of hydrogen-bond donors (Lipinski definition) is 1. The summed E-state index contributed by atoms with van der Waals surface area (Å²) in [6, 6.07) is 0.676. The van der Waals surface area contributed by atoms with Crippen molar-refractivity contribution in [1.82, 2.24) is 10.2 Å². The minimum Gasteiger partial charge on any atom is -0.312 e. The molecule has 0 aromatic heterocycles. The van der Waals surface area contributed by atoms with E-state index in [1.807, 2.05) is 0 Å². The highest BCUT2D eigenvalue weighted by atomic mass is 15.2. The Morgan fingerprint density at radius 1 is 1.06 bits per heavy atom. The minimum absolute atomic E-state index is 0.404. The molecule has 1 aliphatic carbocycles. The van der Waals surface area contributed by atoms with Crippen LogP contribution in [0.3, 0.4) is 0 Å². The van der Waals surface area contributed by atoms with Gasteiger partial charge in [0.1, 0.15) is 0 Å². The van der Waals surface area contributed by atoms with Gasteiger partial charge in [-0.05, 0) is 39.9 Å². The Kier molecular flexibility index (Phi) is 7.25. The summed E-state index contributed by atoms with van der Waals surface area (Å²) in [5.74, 6) is 0. The Bertz CT molecular complexity index is 205. The van der Waals surface area contributed by atoms with Crippen LogP contribution in [0.1, 0.15) is 71.6 Å². The number of nitrogens with zero attached hydrogens (tertiary/aromatic N) is 1. The molecule has 1 unspecified atom stereocenters. The van der Waals surface area contributed by atoms with Crippen molar-refractivity contribution in [3.63, 3.8) is 0 Å². The number of likely N-dealkylation sites (N-methyl/N-ethyl adjacent to an activating group) is 2. The van der Waals surface area contributed by atoms with E-state index < -0.39 is 0 Å². The molecule has 0 spiro atoms. The summed E-state index contributed by atoms with van der Waals surface area (Å²) in [6.45, 7) is 5.65. The Balaban J connectivity index is 2.81. The second-order valence-corrected chi connectivity index (χ2v) is 6.16. The van der Waals surface area contributed by atoms with Crippen molar-refractivity contribution in [2.45, 2.75) is 83.2 Å². The molecular formula is C16H34N2. The molecular weight excluding hydrogens is 220 g/mol. The summed E-state index contributed by atoms with van der Waals surface area (Å²) >= 11 is 0. The Labute approximate surface area is 115 Å². The number of hydrogen-bond acceptors (Lipinski definition) is 2. The average Bonchev–Trinajstić information content (AvgIpc) is 2.61. The van der Waals surface area contributed by atoms with Crippen molar-refractivity contribution >= 4 is 0 Å². The van der Waals surface area contributed by atoms with E-state index in [0.29, 0.717) is 11.6 Å². The minimum atomic E-state index is 0.404. The Morgan fingerprint density at radius 3 is 2.11 bits per heavy atom. The lowest BCUT2D eigenvalue weighted by Crippen LogP contribution is -2.58. The average molecular weight is 254 g/mol. The zero-order valence-corrected chi connectivity index (χ0v) is 13.1. The van der Waals surface area contributed by atoms with E-state index in [4.69, 9.17) is 0 Å². The standard InChI is InChI=1S/C16H34N2/c1-5-7-12-15(17-6-2)16(18(3)4)13-10-8-9-11-14-16/h15,17H,5-14H2,1-4H3. The summed E-state index contributed by atoms with van der Waals surface area (Å²) in [5.41, 5.74) is 0.404. The monoisotopic (exact) mass is 254 g/mol. The summed E-state index contributed by atoms with van der Waals surface area (Å²) in [4.78, 5) is 2.53. The van der Waals surface area contributed by atoms with Crippen LogP contribution in [0, 0.1) is 0 Å². The van der Waals surface area contributed by atoms with E-state index in [9.17, 15) is 0 Å². The fraction of sp³-hybridized carbons (Fsp3) is 1.00. The normalized spacial score (nSPS) is 21.8. The molecule has 0 heterocycles. The zero-order valence-electron chi connectivity index (χ0n) is 13.1. The van der Waals surface area contributed by atoms with Gasteiger partial charge in [-0.2, -0.15) is 0 Å². The number of unbranched alkanes of at least 4 members (excludes halogenated alkanes) is 1. The van der Waals surface area contributed by atoms with Gasteiger partial charge in [0.05, 0.1) is 0 Å². The molecule has 0 radical (unpaired) electrons. The molecule has 0 aromatic rings. The van der Waals surface area contributed by atoms with Crippen LogP contribution < -0.4 is 5.32 Å². The van der Waals surface area contributed by atoms with E-state index in [0.717, 1.165) is 6.54 Å². The van der Waals surface area contributed by atoms with Crippen LogP contribution in [0.4, 0.5) is 0 Å². The highest BCUT2D eigenvalue weighted by Crippen LogP contribution is 2.35. The molecule has 1 aliphatic rings. The van der Waals surface area contributed by atoms with Crippen LogP contribution in [0.5, 0.6) is 0 Å². The van der Waals surface area contributed by atoms with Gasteiger partial charge >= 0.3 is 0 Å². The molecule has 18 heavy (non-hydrogen) atoms. The molecule has 1 fully saturated rings. The first-order valence-corrected chi connectivity index (χ1v) is 8.08. The predicted molar refractivity (Wildman–Crippen MR) is 81.1 cm³/mol. The maximum absolute atomic E-state index is 3.80. The molecule has 2 nitrogen and oxygen atoms in total. The third-order valence-corrected chi connectivity index (χ3v) is 4.81. The van der Waals surface area contributed by atoms with Crippen LogP contribution in [0.15, 0.2) is 0 Å². The van der Waals surface area contributed by atoms with E-state index in [1.165, 1.54) is 57.8 Å². The first kappa shape index (κ1) is 16.0. The van der Waals surface area contributed by atoms with Crippen LogP contribution in [-0.2, 0) is 0 Å². The third-order valence-electron chi connectivity index (χ3n) is 4.81. The zero-order chi connectivity index (χ0) is 13.4. The molecule has 0 saturated heterocycles. The largest absolute Gasteiger partial charge is 0.312 e. The van der Waals surface area contributed by atoms with Crippen LogP contribution in [0.25, 0.3) is 0 Å². The van der Waals surface area contributed by atoms with Crippen LogP contribution in [-0.4, -0.2) is 37.1 Å². The SMILES string of the molecule is CCCCC(NCC)C1(N(C)C)CCCCCC1. The number of rotatable bonds is 7. The van der Waals surface area contributed by atoms with Gasteiger partial charge in [-0.1, -0.05) is 52.4 Å². The van der Waals surface area contributed by atoms with Crippen molar-refractivity contribution in [2.75, 3.05) is 20.6 Å². The number of nitrogens with one attached hydrogen (secondary N) is 1. The lowest BCUT2D eigenvalue weighted by atomic mass is 9.79. The fourth-order valence-corrected chi connectivity index (χ4v) is 3.66. The van der Waals surface area contributed by atoms with Crippen molar-refractivity contribution in [3.8, 4) is 0 Å². The molecule has 2 heteroatoms. The molecule has 1 atom stereocenters. The van der Waals surface area contributed by atoms with Crippen molar-refractivity contribution in [2.24, 2.45) is 0 Å². The highest BCUT2D eigenvalue weighted by molar-refractivity contribution is 4.99. The van der Waals surface area contributed by atoms with Crippen molar-refractivity contribution < 1.29 is 0 Å².